The topological polar surface area (TPSA) is 0 Å². The maximum atomic E-state index is 2.59. The molecule has 0 unspecified atom stereocenters. The quantitative estimate of drug-likeness (QED) is 0.241. The van der Waals surface area contributed by atoms with Crippen LogP contribution in [0.15, 0.2) is 75.3 Å². The van der Waals surface area contributed by atoms with Gasteiger partial charge >= 0.3 is 246 Å². The second-order valence-electron chi connectivity index (χ2n) is 13.7. The molecule has 0 aliphatic heterocycles. The fourth-order valence-corrected chi connectivity index (χ4v) is 13.2. The van der Waals surface area contributed by atoms with Crippen molar-refractivity contribution in [1.82, 2.24) is 0 Å². The van der Waals surface area contributed by atoms with E-state index >= 15 is 0 Å². The standard InChI is InChI=1S/C36H45Si.3ClH.Ti/c1-24-15-25(2)18-31(17-24)37(34-14-12-13-28(34)5,32-19-26(3)16-27(4)20-32)33-22-29(35(6,7)8)21-30(23-33)36(9,10)11;;;;/h13,15-23H,12H2,1-11H3;3*1H;/q;;;;+3/p-3. The number of allylic oxidation sites excluding steroid dienone is 4. The molecule has 0 fully saturated rings. The third-order valence-electron chi connectivity index (χ3n) is 8.09. The van der Waals surface area contributed by atoms with Gasteiger partial charge in [0.1, 0.15) is 0 Å². The van der Waals surface area contributed by atoms with Crippen LogP contribution in [-0.2, 0) is 31.3 Å². The minimum Gasteiger partial charge on any atom is -1.00 e. The normalized spacial score (nSPS) is 13.7. The Morgan fingerprint density at radius 2 is 0.878 bits per heavy atom. The Morgan fingerprint density at radius 3 is 1.17 bits per heavy atom. The molecular weight excluding hydrogens is 615 g/mol. The van der Waals surface area contributed by atoms with Gasteiger partial charge in [-0.25, -0.2) is 0 Å². The van der Waals surface area contributed by atoms with Gasteiger partial charge in [-0.3, -0.25) is 0 Å². The van der Waals surface area contributed by atoms with E-state index in [1.54, 1.807) is 5.20 Å². The van der Waals surface area contributed by atoms with Gasteiger partial charge in [-0.1, -0.05) is 0 Å². The van der Waals surface area contributed by atoms with Crippen LogP contribution in [0.1, 0.15) is 88.3 Å². The second kappa shape index (κ2) is 13.7. The molecule has 0 N–H and O–H groups in total. The van der Waals surface area contributed by atoms with Crippen LogP contribution in [0, 0.1) is 27.7 Å². The molecule has 0 spiro atoms. The van der Waals surface area contributed by atoms with Crippen molar-refractivity contribution < 1.29 is 57.7 Å². The molecule has 0 heterocycles. The molecule has 0 aromatic heterocycles. The van der Waals surface area contributed by atoms with E-state index in [1.165, 1.54) is 58.4 Å². The predicted molar refractivity (Wildman–Crippen MR) is 166 cm³/mol. The first kappa shape index (κ1) is 38.0. The first-order valence-corrected chi connectivity index (χ1v) is 16.8. The second-order valence-corrected chi connectivity index (χ2v) is 18.4. The zero-order valence-electron chi connectivity index (χ0n) is 26.6. The van der Waals surface area contributed by atoms with Crippen molar-refractivity contribution in [2.75, 3.05) is 0 Å². The molecule has 3 aromatic carbocycles. The molecule has 0 atom stereocenters. The summed E-state index contributed by atoms with van der Waals surface area (Å²) in [6.45, 7) is 25.6. The number of rotatable bonds is 4. The van der Waals surface area contributed by atoms with Crippen molar-refractivity contribution in [3.05, 3.63) is 109 Å². The maximum absolute atomic E-state index is 2.65. The van der Waals surface area contributed by atoms with Crippen molar-refractivity contribution in [2.45, 2.75) is 93.4 Å². The van der Waals surface area contributed by atoms with E-state index < -0.39 is 8.07 Å². The van der Waals surface area contributed by atoms with E-state index in [2.05, 4.69) is 157 Å². The number of hydrogen-bond acceptors (Lipinski definition) is 0. The van der Waals surface area contributed by atoms with Crippen LogP contribution in [0.3, 0.4) is 0 Å². The molecule has 41 heavy (non-hydrogen) atoms. The molecular formula is C36H45Cl3SiTi. The van der Waals surface area contributed by atoms with Gasteiger partial charge in [0.15, 0.2) is 0 Å². The van der Waals surface area contributed by atoms with Crippen LogP contribution < -0.4 is 52.8 Å². The summed E-state index contributed by atoms with van der Waals surface area (Å²) in [6.07, 6.45) is 3.52. The van der Waals surface area contributed by atoms with Crippen molar-refractivity contribution in [3.8, 4) is 0 Å². The molecule has 0 bridgehead atoms. The minimum atomic E-state index is -2.65. The third-order valence-corrected chi connectivity index (χ3v) is 14.1. The first-order chi connectivity index (χ1) is 17.5. The van der Waals surface area contributed by atoms with Crippen LogP contribution in [-0.4, -0.2) is 8.07 Å². The molecule has 1 aliphatic rings. The van der Waals surface area contributed by atoms with Gasteiger partial charge in [0.05, 0.1) is 0 Å². The zero-order valence-corrected chi connectivity index (χ0v) is 31.4. The van der Waals surface area contributed by atoms with Crippen molar-refractivity contribution in [2.24, 2.45) is 0 Å². The van der Waals surface area contributed by atoms with E-state index in [-0.39, 0.29) is 48.1 Å². The Hall–Kier alpha value is -1.06. The smallest absolute Gasteiger partial charge is 1.00 e. The molecule has 1 aliphatic carbocycles. The van der Waals surface area contributed by atoms with Crippen LogP contribution in [0.2, 0.25) is 0 Å². The SMILES string of the molecule is CC1=CC[C]([Ti+3])=C1[Si](c1cc(C)cc(C)c1)(c1cc(C)cc(C)c1)c1cc(C(C)(C)C)cc(C(C)(C)C)c1.[Cl-].[Cl-].[Cl-]. The maximum Gasteiger partial charge on any atom is -1.00 e. The van der Waals surface area contributed by atoms with Crippen molar-refractivity contribution in [3.63, 3.8) is 0 Å². The van der Waals surface area contributed by atoms with E-state index in [4.69, 9.17) is 0 Å². The minimum absolute atomic E-state index is 0. The molecule has 0 radical (unpaired) electrons. The van der Waals surface area contributed by atoms with Crippen LogP contribution in [0.4, 0.5) is 0 Å². The fourth-order valence-electron chi connectivity index (χ4n) is 6.24. The summed E-state index contributed by atoms with van der Waals surface area (Å²) in [5.41, 5.74) is 9.85. The first-order valence-electron chi connectivity index (χ1n) is 14.0. The van der Waals surface area contributed by atoms with E-state index in [0.717, 1.165) is 6.42 Å². The van der Waals surface area contributed by atoms with Gasteiger partial charge in [0.25, 0.3) is 0 Å². The van der Waals surface area contributed by atoms with Gasteiger partial charge < -0.3 is 37.2 Å². The summed E-state index contributed by atoms with van der Waals surface area (Å²) in [5, 5.41) is 6.15. The molecule has 4 rings (SSSR count). The summed E-state index contributed by atoms with van der Waals surface area (Å²) in [4.78, 5) is 0. The summed E-state index contributed by atoms with van der Waals surface area (Å²) < 4.78 is 1.53. The molecule has 0 saturated carbocycles. The summed E-state index contributed by atoms with van der Waals surface area (Å²) >= 11 is 2.38. The number of aryl methyl sites for hydroxylation is 4. The Bertz CT molecular complexity index is 1340. The summed E-state index contributed by atoms with van der Waals surface area (Å²) in [7, 11) is -2.65. The van der Waals surface area contributed by atoms with Gasteiger partial charge in [-0.15, -0.1) is 0 Å². The Morgan fingerprint density at radius 1 is 0.537 bits per heavy atom. The number of hydrogen-bond donors (Lipinski definition) is 0. The van der Waals surface area contributed by atoms with Gasteiger partial charge in [-0.05, 0) is 0 Å². The number of halogens is 3. The Balaban J connectivity index is 0.00000280. The van der Waals surface area contributed by atoms with Crippen LogP contribution in [0.5, 0.6) is 0 Å². The molecule has 0 saturated heterocycles. The van der Waals surface area contributed by atoms with Gasteiger partial charge in [0, 0.05) is 0 Å². The Kier molecular flexibility index (Phi) is 12.7. The van der Waals surface area contributed by atoms with Crippen LogP contribution in [0.25, 0.3) is 0 Å². The largest absolute Gasteiger partial charge is 1.00 e. The van der Waals surface area contributed by atoms with Gasteiger partial charge in [0.2, 0.25) is 0 Å². The molecule has 5 heteroatoms. The van der Waals surface area contributed by atoms with E-state index in [1.807, 2.05) is 0 Å². The molecule has 3 aromatic rings. The fraction of sp³-hybridized carbons (Fsp3) is 0.389. The van der Waals surface area contributed by atoms with E-state index in [0.29, 0.717) is 0 Å². The van der Waals surface area contributed by atoms with Crippen molar-refractivity contribution >= 4 is 23.6 Å². The average molecular weight is 660 g/mol. The third kappa shape index (κ3) is 7.54. The monoisotopic (exact) mass is 658 g/mol. The molecule has 0 nitrogen and oxygen atoms in total. The summed E-state index contributed by atoms with van der Waals surface area (Å²) in [5.74, 6) is 0. The predicted octanol–water partition coefficient (Wildman–Crippen LogP) is -1.31. The average Bonchev–Trinajstić information content (AvgIpc) is 3.10. The zero-order chi connectivity index (χ0) is 28.2. The molecule has 0 amide bonds. The number of benzene rings is 3. The van der Waals surface area contributed by atoms with Crippen LogP contribution >= 0.6 is 0 Å². The van der Waals surface area contributed by atoms with Gasteiger partial charge in [-0.2, -0.15) is 0 Å². The van der Waals surface area contributed by atoms with Crippen molar-refractivity contribution in [1.29, 1.82) is 0 Å². The Labute approximate surface area is 281 Å². The van der Waals surface area contributed by atoms with E-state index in [9.17, 15) is 0 Å². The molecule has 218 valence electrons. The summed E-state index contributed by atoms with van der Waals surface area (Å²) in [6, 6.07) is 22.3.